The number of nitrogens with zero attached hydrogens (tertiary/aromatic N) is 4. The van der Waals surface area contributed by atoms with E-state index in [2.05, 4.69) is 53.0 Å². The fraction of sp³-hybridized carbons (Fsp3) is 0.500. The van der Waals surface area contributed by atoms with Crippen LogP contribution in [0, 0.1) is 0 Å². The van der Waals surface area contributed by atoms with Crippen molar-refractivity contribution in [3.63, 3.8) is 0 Å². The average molecular weight is 327 g/mol. The second kappa shape index (κ2) is 7.03. The molecule has 2 amide bonds. The first-order valence-corrected chi connectivity index (χ1v) is 8.62. The molecule has 0 spiro atoms. The Morgan fingerprint density at radius 1 is 1.33 bits per heavy atom. The molecule has 3 rings (SSSR count). The van der Waals surface area contributed by atoms with Gasteiger partial charge in [-0.05, 0) is 30.5 Å². The molecule has 1 atom stereocenters. The highest BCUT2D eigenvalue weighted by Gasteiger charge is 2.29. The zero-order chi connectivity index (χ0) is 17.1. The van der Waals surface area contributed by atoms with E-state index in [-0.39, 0.29) is 12.1 Å². The zero-order valence-electron chi connectivity index (χ0n) is 14.6. The summed E-state index contributed by atoms with van der Waals surface area (Å²) in [6.07, 6.45) is 3.71. The second-order valence-corrected chi connectivity index (χ2v) is 6.62. The summed E-state index contributed by atoms with van der Waals surface area (Å²) in [6.45, 7) is 7.78. The third kappa shape index (κ3) is 3.42. The van der Waals surface area contributed by atoms with Crippen molar-refractivity contribution in [3.8, 4) is 0 Å². The van der Waals surface area contributed by atoms with Crippen LogP contribution < -0.4 is 5.32 Å². The van der Waals surface area contributed by atoms with E-state index in [1.165, 1.54) is 5.56 Å². The molecule has 1 aliphatic heterocycles. The molecule has 1 aromatic heterocycles. The van der Waals surface area contributed by atoms with Gasteiger partial charge in [0.2, 0.25) is 0 Å². The normalized spacial score (nSPS) is 17.5. The van der Waals surface area contributed by atoms with Crippen LogP contribution in [-0.4, -0.2) is 38.8 Å². The maximum absolute atomic E-state index is 12.5. The number of likely N-dealkylation sites (tertiary alicyclic amines) is 1. The van der Waals surface area contributed by atoms with Crippen molar-refractivity contribution in [2.45, 2.75) is 45.6 Å². The Labute approximate surface area is 142 Å². The number of nitrogens with one attached hydrogen (secondary N) is 1. The SMILES string of the molecule is CCc1ccc(NC(=O)N2CCC(n3cnnc3C(C)C)C2)cc1. The second-order valence-electron chi connectivity index (χ2n) is 6.62. The number of benzene rings is 1. The van der Waals surface area contributed by atoms with E-state index in [9.17, 15) is 4.79 Å². The molecule has 6 heteroatoms. The summed E-state index contributed by atoms with van der Waals surface area (Å²) in [6, 6.07) is 8.23. The number of hydrogen-bond acceptors (Lipinski definition) is 3. The van der Waals surface area contributed by atoms with Gasteiger partial charge in [-0.25, -0.2) is 4.79 Å². The fourth-order valence-corrected chi connectivity index (χ4v) is 3.13. The van der Waals surface area contributed by atoms with Crippen LogP contribution in [0.1, 0.15) is 50.5 Å². The number of carbonyl (C=O) groups excluding carboxylic acids is 1. The first-order chi connectivity index (χ1) is 11.6. The van der Waals surface area contributed by atoms with Crippen LogP contribution in [0.2, 0.25) is 0 Å². The number of aryl methyl sites for hydroxylation is 1. The van der Waals surface area contributed by atoms with Crippen molar-refractivity contribution >= 4 is 11.7 Å². The van der Waals surface area contributed by atoms with Gasteiger partial charge in [-0.1, -0.05) is 32.9 Å². The van der Waals surface area contributed by atoms with Gasteiger partial charge >= 0.3 is 6.03 Å². The van der Waals surface area contributed by atoms with E-state index in [0.29, 0.717) is 12.5 Å². The molecule has 6 nitrogen and oxygen atoms in total. The molecule has 128 valence electrons. The lowest BCUT2D eigenvalue weighted by Gasteiger charge is -2.19. The van der Waals surface area contributed by atoms with Crippen LogP contribution in [0.5, 0.6) is 0 Å². The molecular formula is C18H25N5O. The summed E-state index contributed by atoms with van der Waals surface area (Å²) in [7, 11) is 0. The van der Waals surface area contributed by atoms with Crippen LogP contribution in [0.4, 0.5) is 10.5 Å². The Morgan fingerprint density at radius 2 is 2.08 bits per heavy atom. The maximum atomic E-state index is 12.5. The van der Waals surface area contributed by atoms with Gasteiger partial charge in [0.15, 0.2) is 0 Å². The number of hydrogen-bond donors (Lipinski definition) is 1. The lowest BCUT2D eigenvalue weighted by atomic mass is 10.1. The largest absolute Gasteiger partial charge is 0.322 e. The fourth-order valence-electron chi connectivity index (χ4n) is 3.13. The molecule has 1 saturated heterocycles. The Bertz CT molecular complexity index is 692. The third-order valence-corrected chi connectivity index (χ3v) is 4.57. The van der Waals surface area contributed by atoms with Gasteiger partial charge in [0.1, 0.15) is 12.2 Å². The van der Waals surface area contributed by atoms with E-state index < -0.39 is 0 Å². The summed E-state index contributed by atoms with van der Waals surface area (Å²) in [4.78, 5) is 14.3. The average Bonchev–Trinajstić information content (AvgIpc) is 3.24. The maximum Gasteiger partial charge on any atom is 0.321 e. The van der Waals surface area contributed by atoms with E-state index in [1.54, 1.807) is 6.33 Å². The molecule has 1 aliphatic rings. The van der Waals surface area contributed by atoms with E-state index in [0.717, 1.165) is 30.9 Å². The molecule has 1 N–H and O–H groups in total. The number of aromatic nitrogens is 3. The molecule has 1 aromatic carbocycles. The topological polar surface area (TPSA) is 63.1 Å². The monoisotopic (exact) mass is 327 g/mol. The van der Waals surface area contributed by atoms with Gasteiger partial charge in [0.25, 0.3) is 0 Å². The van der Waals surface area contributed by atoms with Gasteiger partial charge in [-0.2, -0.15) is 0 Å². The summed E-state index contributed by atoms with van der Waals surface area (Å²) in [5, 5.41) is 11.2. The van der Waals surface area contributed by atoms with Crippen molar-refractivity contribution in [1.29, 1.82) is 0 Å². The highest BCUT2D eigenvalue weighted by atomic mass is 16.2. The molecule has 1 unspecified atom stereocenters. The Morgan fingerprint density at radius 3 is 2.75 bits per heavy atom. The van der Waals surface area contributed by atoms with E-state index in [4.69, 9.17) is 0 Å². The molecule has 24 heavy (non-hydrogen) atoms. The first kappa shape index (κ1) is 16.5. The number of urea groups is 1. The number of rotatable bonds is 4. The molecule has 2 aromatic rings. The quantitative estimate of drug-likeness (QED) is 0.935. The minimum Gasteiger partial charge on any atom is -0.322 e. The third-order valence-electron chi connectivity index (χ3n) is 4.57. The zero-order valence-corrected chi connectivity index (χ0v) is 14.6. The van der Waals surface area contributed by atoms with Crippen molar-refractivity contribution in [2.75, 3.05) is 18.4 Å². The van der Waals surface area contributed by atoms with E-state index >= 15 is 0 Å². The lowest BCUT2D eigenvalue weighted by molar-refractivity contribution is 0.220. The van der Waals surface area contributed by atoms with Crippen LogP contribution in [0.3, 0.4) is 0 Å². The summed E-state index contributed by atoms with van der Waals surface area (Å²) >= 11 is 0. The summed E-state index contributed by atoms with van der Waals surface area (Å²) < 4.78 is 2.12. The highest BCUT2D eigenvalue weighted by molar-refractivity contribution is 5.89. The molecular weight excluding hydrogens is 302 g/mol. The van der Waals surface area contributed by atoms with Crippen molar-refractivity contribution in [3.05, 3.63) is 42.0 Å². The van der Waals surface area contributed by atoms with Gasteiger partial charge in [-0.15, -0.1) is 10.2 Å². The predicted octanol–water partition coefficient (Wildman–Crippen LogP) is 3.44. The van der Waals surface area contributed by atoms with Crippen molar-refractivity contribution < 1.29 is 4.79 Å². The van der Waals surface area contributed by atoms with Crippen LogP contribution >= 0.6 is 0 Å². The van der Waals surface area contributed by atoms with Crippen molar-refractivity contribution in [1.82, 2.24) is 19.7 Å². The summed E-state index contributed by atoms with van der Waals surface area (Å²) in [5.41, 5.74) is 2.11. The minimum atomic E-state index is -0.0408. The van der Waals surface area contributed by atoms with Crippen LogP contribution in [-0.2, 0) is 6.42 Å². The first-order valence-electron chi connectivity index (χ1n) is 8.62. The Kier molecular flexibility index (Phi) is 4.83. The molecule has 0 bridgehead atoms. The van der Waals surface area contributed by atoms with Gasteiger partial charge < -0.3 is 14.8 Å². The Hall–Kier alpha value is -2.37. The minimum absolute atomic E-state index is 0.0408. The number of anilines is 1. The highest BCUT2D eigenvalue weighted by Crippen LogP contribution is 2.25. The molecule has 1 fully saturated rings. The number of carbonyl (C=O) groups is 1. The van der Waals surface area contributed by atoms with Crippen molar-refractivity contribution in [2.24, 2.45) is 0 Å². The number of amides is 2. The van der Waals surface area contributed by atoms with Crippen LogP contribution in [0.25, 0.3) is 0 Å². The molecule has 0 radical (unpaired) electrons. The van der Waals surface area contributed by atoms with Gasteiger partial charge in [0.05, 0.1) is 6.04 Å². The smallest absolute Gasteiger partial charge is 0.321 e. The molecule has 0 aliphatic carbocycles. The van der Waals surface area contributed by atoms with Gasteiger partial charge in [-0.3, -0.25) is 0 Å². The molecule has 2 heterocycles. The summed E-state index contributed by atoms with van der Waals surface area (Å²) in [5.74, 6) is 1.31. The Balaban J connectivity index is 1.62. The van der Waals surface area contributed by atoms with E-state index in [1.807, 2.05) is 17.0 Å². The lowest BCUT2D eigenvalue weighted by Crippen LogP contribution is -2.33. The predicted molar refractivity (Wildman–Crippen MR) is 94.2 cm³/mol. The van der Waals surface area contributed by atoms with Gasteiger partial charge in [0, 0.05) is 24.7 Å². The standard InChI is InChI=1S/C18H25N5O/c1-4-14-5-7-15(8-6-14)20-18(24)22-10-9-16(11-22)23-12-19-21-17(23)13(2)3/h5-8,12-13,16H,4,9-11H2,1-3H3,(H,20,24). The van der Waals surface area contributed by atoms with Crippen LogP contribution in [0.15, 0.2) is 30.6 Å². The molecule has 0 saturated carbocycles.